The summed E-state index contributed by atoms with van der Waals surface area (Å²) in [7, 11) is -2.14. The van der Waals surface area contributed by atoms with Crippen LogP contribution in [0.25, 0.3) is 0 Å². The van der Waals surface area contributed by atoms with Gasteiger partial charge in [0.1, 0.15) is 5.75 Å². The third-order valence-electron chi connectivity index (χ3n) is 3.12. The lowest BCUT2D eigenvalue weighted by molar-refractivity contribution is 0.201. The average molecular weight is 361 g/mol. The molecule has 1 atom stereocenters. The highest BCUT2D eigenvalue weighted by atomic mass is 35.5. The number of halogens is 2. The minimum absolute atomic E-state index is 0.118. The van der Waals surface area contributed by atoms with Crippen LogP contribution in [0.3, 0.4) is 0 Å². The summed E-state index contributed by atoms with van der Waals surface area (Å²) in [5, 5.41) is 10.7. The van der Waals surface area contributed by atoms with E-state index >= 15 is 0 Å². The first kappa shape index (κ1) is 17.1. The van der Waals surface area contributed by atoms with Gasteiger partial charge in [0.15, 0.2) is 9.84 Å². The molecule has 0 aliphatic rings. The SMILES string of the molecule is COc1ccc(S(=O)(=O)C[C@H](O)c2ccc(Cl)c(Cl)c2)cc1. The van der Waals surface area contributed by atoms with Gasteiger partial charge in [-0.2, -0.15) is 0 Å². The maximum atomic E-state index is 12.3. The summed E-state index contributed by atoms with van der Waals surface area (Å²) in [4.78, 5) is 0.118. The van der Waals surface area contributed by atoms with E-state index in [2.05, 4.69) is 0 Å². The van der Waals surface area contributed by atoms with E-state index in [1.54, 1.807) is 18.2 Å². The lowest BCUT2D eigenvalue weighted by atomic mass is 10.1. The Hall–Kier alpha value is -1.27. The molecule has 0 heterocycles. The van der Waals surface area contributed by atoms with E-state index in [0.29, 0.717) is 16.3 Å². The molecule has 1 N–H and O–H groups in total. The molecule has 22 heavy (non-hydrogen) atoms. The molecule has 7 heteroatoms. The minimum Gasteiger partial charge on any atom is -0.497 e. The number of aliphatic hydroxyl groups excluding tert-OH is 1. The van der Waals surface area contributed by atoms with E-state index in [4.69, 9.17) is 27.9 Å². The van der Waals surface area contributed by atoms with Crippen LogP contribution < -0.4 is 4.74 Å². The largest absolute Gasteiger partial charge is 0.497 e. The second-order valence-corrected chi connectivity index (χ2v) is 7.49. The number of aliphatic hydroxyl groups is 1. The highest BCUT2D eigenvalue weighted by Crippen LogP contribution is 2.27. The first-order valence-corrected chi connectivity index (χ1v) is 8.74. The van der Waals surface area contributed by atoms with E-state index < -0.39 is 21.7 Å². The predicted octanol–water partition coefficient (Wildman–Crippen LogP) is 3.51. The summed E-state index contributed by atoms with van der Waals surface area (Å²) >= 11 is 11.7. The van der Waals surface area contributed by atoms with Gasteiger partial charge in [0.05, 0.1) is 33.9 Å². The van der Waals surface area contributed by atoms with Gasteiger partial charge in [0, 0.05) is 0 Å². The van der Waals surface area contributed by atoms with Crippen LogP contribution in [0.4, 0.5) is 0 Å². The molecule has 4 nitrogen and oxygen atoms in total. The normalized spacial score (nSPS) is 12.9. The molecule has 0 aliphatic carbocycles. The molecule has 0 amide bonds. The third-order valence-corrected chi connectivity index (χ3v) is 5.61. The van der Waals surface area contributed by atoms with Crippen LogP contribution in [0.1, 0.15) is 11.7 Å². The van der Waals surface area contributed by atoms with Crippen molar-refractivity contribution in [2.24, 2.45) is 0 Å². The highest BCUT2D eigenvalue weighted by Gasteiger charge is 2.21. The first-order chi connectivity index (χ1) is 10.3. The lowest BCUT2D eigenvalue weighted by Crippen LogP contribution is -2.14. The van der Waals surface area contributed by atoms with Gasteiger partial charge >= 0.3 is 0 Å². The summed E-state index contributed by atoms with van der Waals surface area (Å²) < 4.78 is 29.6. The number of hydrogen-bond donors (Lipinski definition) is 1. The summed E-state index contributed by atoms with van der Waals surface area (Å²) in [6.07, 6.45) is -1.19. The monoisotopic (exact) mass is 360 g/mol. The Labute approximate surface area is 139 Å². The molecule has 2 rings (SSSR count). The Balaban J connectivity index is 2.21. The highest BCUT2D eigenvalue weighted by molar-refractivity contribution is 7.91. The lowest BCUT2D eigenvalue weighted by Gasteiger charge is -2.13. The molecule has 0 unspecified atom stereocenters. The van der Waals surface area contributed by atoms with E-state index in [0.717, 1.165) is 0 Å². The Bertz CT molecular complexity index is 758. The molecule has 2 aromatic carbocycles. The molecule has 0 bridgehead atoms. The molecular weight excluding hydrogens is 347 g/mol. The quantitative estimate of drug-likeness (QED) is 0.885. The fourth-order valence-corrected chi connectivity index (χ4v) is 3.56. The van der Waals surface area contributed by atoms with Gasteiger partial charge < -0.3 is 9.84 Å². The van der Waals surface area contributed by atoms with Crippen LogP contribution in [-0.4, -0.2) is 26.4 Å². The summed E-state index contributed by atoms with van der Waals surface area (Å²) in [6.45, 7) is 0. The molecule has 2 aromatic rings. The Morgan fingerprint density at radius 2 is 1.73 bits per heavy atom. The van der Waals surface area contributed by atoms with Crippen molar-refractivity contribution in [3.05, 3.63) is 58.1 Å². The van der Waals surface area contributed by atoms with Crippen molar-refractivity contribution in [2.75, 3.05) is 12.9 Å². The first-order valence-electron chi connectivity index (χ1n) is 6.33. The minimum atomic E-state index is -3.64. The number of hydrogen-bond acceptors (Lipinski definition) is 4. The van der Waals surface area contributed by atoms with Crippen LogP contribution in [0.5, 0.6) is 5.75 Å². The number of methoxy groups -OCH3 is 1. The molecule has 118 valence electrons. The number of ether oxygens (including phenoxy) is 1. The van der Waals surface area contributed by atoms with Crippen LogP contribution in [0, 0.1) is 0 Å². The fourth-order valence-electron chi connectivity index (χ4n) is 1.90. The van der Waals surface area contributed by atoms with Crippen LogP contribution in [0.2, 0.25) is 10.0 Å². The average Bonchev–Trinajstić information content (AvgIpc) is 2.49. The third kappa shape index (κ3) is 3.93. The predicted molar refractivity (Wildman–Crippen MR) is 86.5 cm³/mol. The van der Waals surface area contributed by atoms with Gasteiger partial charge in [-0.05, 0) is 42.0 Å². The van der Waals surface area contributed by atoms with Crippen molar-refractivity contribution in [1.82, 2.24) is 0 Å². The van der Waals surface area contributed by atoms with Gasteiger partial charge in [-0.1, -0.05) is 29.3 Å². The molecule has 0 spiro atoms. The van der Waals surface area contributed by atoms with Crippen LogP contribution >= 0.6 is 23.2 Å². The zero-order valence-corrected chi connectivity index (χ0v) is 14.0. The van der Waals surface area contributed by atoms with Crippen molar-refractivity contribution < 1.29 is 18.3 Å². The van der Waals surface area contributed by atoms with Crippen molar-refractivity contribution in [2.45, 2.75) is 11.0 Å². The zero-order valence-electron chi connectivity index (χ0n) is 11.7. The maximum absolute atomic E-state index is 12.3. The molecule has 0 saturated carbocycles. The van der Waals surface area contributed by atoms with Crippen molar-refractivity contribution in [3.8, 4) is 5.75 Å². The molecule has 0 aromatic heterocycles. The van der Waals surface area contributed by atoms with E-state index in [-0.39, 0.29) is 9.92 Å². The van der Waals surface area contributed by atoms with Gasteiger partial charge in [-0.3, -0.25) is 0 Å². The molecule has 0 radical (unpaired) electrons. The maximum Gasteiger partial charge on any atom is 0.181 e. The Morgan fingerprint density at radius 1 is 1.09 bits per heavy atom. The van der Waals surface area contributed by atoms with Crippen LogP contribution in [-0.2, 0) is 9.84 Å². The van der Waals surface area contributed by atoms with Crippen molar-refractivity contribution in [1.29, 1.82) is 0 Å². The summed E-state index contributed by atoms with van der Waals surface area (Å²) in [5.41, 5.74) is 0.395. The number of sulfone groups is 1. The topological polar surface area (TPSA) is 63.6 Å². The van der Waals surface area contributed by atoms with E-state index in [1.165, 1.54) is 31.4 Å². The zero-order chi connectivity index (χ0) is 16.3. The van der Waals surface area contributed by atoms with E-state index in [9.17, 15) is 13.5 Å². The van der Waals surface area contributed by atoms with Crippen molar-refractivity contribution in [3.63, 3.8) is 0 Å². The Morgan fingerprint density at radius 3 is 2.27 bits per heavy atom. The van der Waals surface area contributed by atoms with Crippen molar-refractivity contribution >= 4 is 33.0 Å². The van der Waals surface area contributed by atoms with Gasteiger partial charge in [-0.15, -0.1) is 0 Å². The van der Waals surface area contributed by atoms with E-state index in [1.807, 2.05) is 0 Å². The smallest absolute Gasteiger partial charge is 0.181 e. The second kappa shape index (κ2) is 6.87. The van der Waals surface area contributed by atoms with Gasteiger partial charge in [-0.25, -0.2) is 8.42 Å². The van der Waals surface area contributed by atoms with Gasteiger partial charge in [0.2, 0.25) is 0 Å². The van der Waals surface area contributed by atoms with Gasteiger partial charge in [0.25, 0.3) is 0 Å². The second-order valence-electron chi connectivity index (χ2n) is 4.65. The number of rotatable bonds is 5. The molecule has 0 fully saturated rings. The molecule has 0 aliphatic heterocycles. The standard InChI is InChI=1S/C15H14Cl2O4S/c1-21-11-3-5-12(6-4-11)22(19,20)9-15(18)10-2-7-13(16)14(17)8-10/h2-8,15,18H,9H2,1H3/t15-/m0/s1. The fraction of sp³-hybridized carbons (Fsp3) is 0.200. The summed E-state index contributed by atoms with van der Waals surface area (Å²) in [6, 6.07) is 10.5. The molecular formula is C15H14Cl2O4S. The summed E-state index contributed by atoms with van der Waals surface area (Å²) in [5.74, 6) is 0.112. The Kier molecular flexibility index (Phi) is 5.34. The number of benzene rings is 2. The van der Waals surface area contributed by atoms with Crippen LogP contribution in [0.15, 0.2) is 47.4 Å². The molecule has 0 saturated heterocycles.